The van der Waals surface area contributed by atoms with Gasteiger partial charge in [-0.3, -0.25) is 14.9 Å². The molecular formula is C20H26Cl2N4O3. The Morgan fingerprint density at radius 1 is 1.03 bits per heavy atom. The molecule has 7 nitrogen and oxygen atoms in total. The van der Waals surface area contributed by atoms with Gasteiger partial charge in [0.1, 0.15) is 0 Å². The number of nitrogens with zero attached hydrogens (tertiary/aromatic N) is 3. The quantitative estimate of drug-likeness (QED) is 0.567. The van der Waals surface area contributed by atoms with Crippen LogP contribution in [0.15, 0.2) is 54.6 Å². The predicted molar refractivity (Wildman–Crippen MR) is 119 cm³/mol. The SMILES string of the molecule is CC(C(=O)N1CCN(c2cccc([N+](=O)[O-])c2)CC1)C(N)c1ccccc1.Cl.Cl. The molecule has 0 saturated carbocycles. The van der Waals surface area contributed by atoms with E-state index in [0.29, 0.717) is 26.2 Å². The van der Waals surface area contributed by atoms with Crippen LogP contribution in [0, 0.1) is 16.0 Å². The average Bonchev–Trinajstić information content (AvgIpc) is 2.73. The number of halogens is 2. The number of nitrogens with two attached hydrogens (primary N) is 1. The van der Waals surface area contributed by atoms with E-state index in [2.05, 4.69) is 4.90 Å². The van der Waals surface area contributed by atoms with E-state index >= 15 is 0 Å². The highest BCUT2D eigenvalue weighted by atomic mass is 35.5. The van der Waals surface area contributed by atoms with Crippen molar-refractivity contribution in [2.24, 2.45) is 11.7 Å². The minimum atomic E-state index is -0.393. The maximum absolute atomic E-state index is 12.8. The fourth-order valence-electron chi connectivity index (χ4n) is 3.39. The summed E-state index contributed by atoms with van der Waals surface area (Å²) in [5, 5.41) is 11.0. The van der Waals surface area contributed by atoms with Gasteiger partial charge >= 0.3 is 0 Å². The molecule has 1 aliphatic rings. The summed E-state index contributed by atoms with van der Waals surface area (Å²) < 4.78 is 0. The molecule has 0 aliphatic carbocycles. The molecule has 0 radical (unpaired) electrons. The fraction of sp³-hybridized carbons (Fsp3) is 0.350. The number of rotatable bonds is 5. The average molecular weight is 441 g/mol. The number of carbonyl (C=O) groups is 1. The van der Waals surface area contributed by atoms with Gasteiger partial charge in [0.05, 0.1) is 10.8 Å². The first-order valence-electron chi connectivity index (χ1n) is 9.06. The van der Waals surface area contributed by atoms with E-state index in [1.54, 1.807) is 12.1 Å². The van der Waals surface area contributed by atoms with Gasteiger partial charge in [-0.15, -0.1) is 24.8 Å². The molecule has 2 unspecified atom stereocenters. The van der Waals surface area contributed by atoms with Crippen molar-refractivity contribution in [3.8, 4) is 0 Å². The number of piperazine rings is 1. The first kappa shape index (κ1) is 24.7. The first-order chi connectivity index (χ1) is 13.0. The molecule has 2 aromatic rings. The number of carbonyl (C=O) groups excluding carboxylic acids is 1. The summed E-state index contributed by atoms with van der Waals surface area (Å²) in [6.07, 6.45) is 0. The van der Waals surface area contributed by atoms with Crippen molar-refractivity contribution in [1.82, 2.24) is 4.90 Å². The topological polar surface area (TPSA) is 92.7 Å². The lowest BCUT2D eigenvalue weighted by atomic mass is 9.94. The molecule has 1 aliphatic heterocycles. The molecule has 2 aromatic carbocycles. The largest absolute Gasteiger partial charge is 0.368 e. The third kappa shape index (κ3) is 5.82. The Balaban J connectivity index is 0.00000210. The summed E-state index contributed by atoms with van der Waals surface area (Å²) in [5.41, 5.74) is 8.13. The fourth-order valence-corrected chi connectivity index (χ4v) is 3.39. The number of non-ortho nitro benzene ring substituents is 1. The maximum atomic E-state index is 12.8. The van der Waals surface area contributed by atoms with E-state index in [1.165, 1.54) is 6.07 Å². The smallest absolute Gasteiger partial charge is 0.271 e. The molecule has 1 fully saturated rings. The number of hydrogen-bond acceptors (Lipinski definition) is 5. The van der Waals surface area contributed by atoms with E-state index in [0.717, 1.165) is 11.3 Å². The number of nitro benzene ring substituents is 1. The monoisotopic (exact) mass is 440 g/mol. The van der Waals surface area contributed by atoms with Crippen LogP contribution in [-0.4, -0.2) is 41.9 Å². The normalized spacial score (nSPS) is 15.5. The molecule has 2 atom stereocenters. The summed E-state index contributed by atoms with van der Waals surface area (Å²) in [4.78, 5) is 27.3. The van der Waals surface area contributed by atoms with Gasteiger partial charge in [-0.1, -0.05) is 43.3 Å². The highest BCUT2D eigenvalue weighted by molar-refractivity contribution is 5.85. The first-order valence-corrected chi connectivity index (χ1v) is 9.06. The van der Waals surface area contributed by atoms with Gasteiger partial charge in [-0.05, 0) is 11.6 Å². The van der Waals surface area contributed by atoms with E-state index in [1.807, 2.05) is 48.2 Å². The molecule has 0 aromatic heterocycles. The number of amides is 1. The van der Waals surface area contributed by atoms with Crippen molar-refractivity contribution in [3.05, 3.63) is 70.3 Å². The number of hydrogen-bond donors (Lipinski definition) is 1. The van der Waals surface area contributed by atoms with Gasteiger partial charge in [0.2, 0.25) is 5.91 Å². The molecule has 158 valence electrons. The van der Waals surface area contributed by atoms with E-state index < -0.39 is 4.92 Å². The van der Waals surface area contributed by atoms with E-state index in [9.17, 15) is 14.9 Å². The zero-order valence-electron chi connectivity index (χ0n) is 16.1. The van der Waals surface area contributed by atoms with Crippen LogP contribution in [0.4, 0.5) is 11.4 Å². The Labute approximate surface area is 182 Å². The summed E-state index contributed by atoms with van der Waals surface area (Å²) in [5.74, 6) is -0.262. The summed E-state index contributed by atoms with van der Waals surface area (Å²) in [7, 11) is 0. The minimum Gasteiger partial charge on any atom is -0.368 e. The standard InChI is InChI=1S/C20H24N4O3.2ClH/c1-15(19(21)16-6-3-2-4-7-16)20(25)23-12-10-22(11-13-23)17-8-5-9-18(14-17)24(26)27;;/h2-9,14-15,19H,10-13,21H2,1H3;2*1H. The second kappa shape index (κ2) is 11.0. The Morgan fingerprint density at radius 3 is 2.24 bits per heavy atom. The van der Waals surface area contributed by atoms with Gasteiger partial charge < -0.3 is 15.5 Å². The van der Waals surface area contributed by atoms with Crippen molar-refractivity contribution in [2.75, 3.05) is 31.1 Å². The highest BCUT2D eigenvalue weighted by Crippen LogP contribution is 2.24. The summed E-state index contributed by atoms with van der Waals surface area (Å²) in [6, 6.07) is 15.9. The molecule has 2 N–H and O–H groups in total. The zero-order chi connectivity index (χ0) is 19.4. The van der Waals surface area contributed by atoms with Crippen molar-refractivity contribution in [1.29, 1.82) is 0 Å². The Bertz CT molecular complexity index is 814. The Hall–Kier alpha value is -2.35. The summed E-state index contributed by atoms with van der Waals surface area (Å²) in [6.45, 7) is 4.30. The molecule has 0 spiro atoms. The Morgan fingerprint density at radius 2 is 1.66 bits per heavy atom. The number of benzene rings is 2. The number of nitro groups is 1. The van der Waals surface area contributed by atoms with Gasteiger partial charge in [0.15, 0.2) is 0 Å². The van der Waals surface area contributed by atoms with Crippen LogP contribution >= 0.6 is 24.8 Å². The van der Waals surface area contributed by atoms with Crippen molar-refractivity contribution < 1.29 is 9.72 Å². The van der Waals surface area contributed by atoms with Crippen LogP contribution in [-0.2, 0) is 4.79 Å². The van der Waals surface area contributed by atoms with Crippen LogP contribution in [0.3, 0.4) is 0 Å². The Kier molecular flexibility index (Phi) is 9.36. The van der Waals surface area contributed by atoms with Crippen LogP contribution < -0.4 is 10.6 Å². The second-order valence-electron chi connectivity index (χ2n) is 6.81. The van der Waals surface area contributed by atoms with Crippen molar-refractivity contribution in [3.63, 3.8) is 0 Å². The van der Waals surface area contributed by atoms with Gasteiger partial charge in [0.25, 0.3) is 5.69 Å². The summed E-state index contributed by atoms with van der Waals surface area (Å²) >= 11 is 0. The molecule has 1 heterocycles. The predicted octanol–water partition coefficient (Wildman–Crippen LogP) is 3.42. The lowest BCUT2D eigenvalue weighted by Crippen LogP contribution is -2.51. The van der Waals surface area contributed by atoms with Crippen molar-refractivity contribution >= 4 is 42.1 Å². The number of anilines is 1. The lowest BCUT2D eigenvalue weighted by molar-refractivity contribution is -0.384. The van der Waals surface area contributed by atoms with Crippen LogP contribution in [0.1, 0.15) is 18.5 Å². The van der Waals surface area contributed by atoms with Crippen LogP contribution in [0.5, 0.6) is 0 Å². The zero-order valence-corrected chi connectivity index (χ0v) is 17.8. The highest BCUT2D eigenvalue weighted by Gasteiger charge is 2.29. The maximum Gasteiger partial charge on any atom is 0.271 e. The molecule has 29 heavy (non-hydrogen) atoms. The minimum absolute atomic E-state index is 0. The molecule has 0 bridgehead atoms. The molecule has 1 amide bonds. The lowest BCUT2D eigenvalue weighted by Gasteiger charge is -2.37. The second-order valence-corrected chi connectivity index (χ2v) is 6.81. The van der Waals surface area contributed by atoms with Crippen molar-refractivity contribution in [2.45, 2.75) is 13.0 Å². The van der Waals surface area contributed by atoms with Crippen LogP contribution in [0.25, 0.3) is 0 Å². The molecular weight excluding hydrogens is 415 g/mol. The van der Waals surface area contributed by atoms with Crippen LogP contribution in [0.2, 0.25) is 0 Å². The van der Waals surface area contributed by atoms with Gasteiger partial charge in [-0.25, -0.2) is 0 Å². The molecule has 3 rings (SSSR count). The van der Waals surface area contributed by atoms with E-state index in [-0.39, 0.29) is 48.4 Å². The van der Waals surface area contributed by atoms with Gasteiger partial charge in [-0.2, -0.15) is 0 Å². The third-order valence-electron chi connectivity index (χ3n) is 5.11. The third-order valence-corrected chi connectivity index (χ3v) is 5.11. The van der Waals surface area contributed by atoms with E-state index in [4.69, 9.17) is 5.73 Å². The molecule has 9 heteroatoms. The van der Waals surface area contributed by atoms with Gasteiger partial charge in [0, 0.05) is 50.0 Å². The molecule has 1 saturated heterocycles.